The summed E-state index contributed by atoms with van der Waals surface area (Å²) in [4.78, 5) is 6.18. The highest BCUT2D eigenvalue weighted by atomic mass is 15.2. The number of hydrogen-bond acceptors (Lipinski definition) is 1. The Morgan fingerprint density at radius 1 is 1.41 bits per heavy atom. The maximum absolute atomic E-state index is 3.44. The average molecular weight is 234 g/mol. The summed E-state index contributed by atoms with van der Waals surface area (Å²) >= 11 is 0. The number of nitrogens with zero attached hydrogens (tertiary/aromatic N) is 1. The van der Waals surface area contributed by atoms with E-state index in [1.54, 1.807) is 0 Å². The fourth-order valence-electron chi connectivity index (χ4n) is 3.33. The van der Waals surface area contributed by atoms with E-state index >= 15 is 0 Å². The third kappa shape index (κ3) is 2.28. The predicted octanol–water partition coefficient (Wildman–Crippen LogP) is 3.76. The van der Waals surface area contributed by atoms with Gasteiger partial charge in [0.15, 0.2) is 0 Å². The Balaban J connectivity index is 2.34. The highest BCUT2D eigenvalue weighted by Gasteiger charge is 2.34. The van der Waals surface area contributed by atoms with Crippen molar-refractivity contribution in [2.24, 2.45) is 5.92 Å². The molecule has 1 aromatic heterocycles. The molecule has 2 nitrogen and oxygen atoms in total. The Labute approximate surface area is 105 Å². The molecule has 0 fully saturated rings. The van der Waals surface area contributed by atoms with E-state index < -0.39 is 0 Å². The molecule has 1 N–H and O–H groups in total. The monoisotopic (exact) mass is 234 g/mol. The summed E-state index contributed by atoms with van der Waals surface area (Å²) in [5, 5.41) is 0. The first-order valence-electron chi connectivity index (χ1n) is 7.10. The first kappa shape index (κ1) is 12.7. The van der Waals surface area contributed by atoms with Crippen molar-refractivity contribution in [2.75, 3.05) is 6.54 Å². The van der Waals surface area contributed by atoms with Gasteiger partial charge in [-0.3, -0.25) is 4.90 Å². The molecule has 0 unspecified atom stereocenters. The molecule has 0 bridgehead atoms. The quantitative estimate of drug-likeness (QED) is 0.840. The molecule has 2 heterocycles. The zero-order valence-electron chi connectivity index (χ0n) is 11.7. The van der Waals surface area contributed by atoms with E-state index in [1.165, 1.54) is 37.1 Å². The molecule has 1 aromatic rings. The highest BCUT2D eigenvalue weighted by molar-refractivity contribution is 5.29. The van der Waals surface area contributed by atoms with Crippen LogP contribution in [-0.4, -0.2) is 22.5 Å². The first-order chi connectivity index (χ1) is 8.19. The molecule has 0 saturated carbocycles. The van der Waals surface area contributed by atoms with Crippen LogP contribution in [0.4, 0.5) is 0 Å². The Bertz CT molecular complexity index is 354. The lowest BCUT2D eigenvalue weighted by molar-refractivity contribution is 0.0829. The maximum atomic E-state index is 3.44. The van der Waals surface area contributed by atoms with Gasteiger partial charge >= 0.3 is 0 Å². The summed E-state index contributed by atoms with van der Waals surface area (Å²) in [6, 6.07) is 3.61. The molecule has 0 aromatic carbocycles. The number of nitrogens with one attached hydrogen (secondary N) is 1. The first-order valence-corrected chi connectivity index (χ1v) is 7.10. The van der Waals surface area contributed by atoms with Gasteiger partial charge < -0.3 is 4.98 Å². The number of hydrogen-bond donors (Lipinski definition) is 1. The Morgan fingerprint density at radius 3 is 2.76 bits per heavy atom. The van der Waals surface area contributed by atoms with Gasteiger partial charge in [0.05, 0.1) is 0 Å². The van der Waals surface area contributed by atoms with E-state index in [0.29, 0.717) is 18.0 Å². The van der Waals surface area contributed by atoms with Crippen LogP contribution in [0.5, 0.6) is 0 Å². The van der Waals surface area contributed by atoms with E-state index in [4.69, 9.17) is 0 Å². The summed E-state index contributed by atoms with van der Waals surface area (Å²) in [5.74, 6) is 0.686. The molecular formula is C15H26N2. The average Bonchev–Trinajstić information content (AvgIpc) is 2.75. The van der Waals surface area contributed by atoms with Crippen LogP contribution in [0.2, 0.25) is 0 Å². The van der Waals surface area contributed by atoms with Crippen molar-refractivity contribution in [2.45, 2.75) is 59.0 Å². The van der Waals surface area contributed by atoms with Crippen LogP contribution in [0.3, 0.4) is 0 Å². The molecule has 2 rings (SSSR count). The van der Waals surface area contributed by atoms with Crippen LogP contribution in [0.1, 0.15) is 57.8 Å². The summed E-state index contributed by atoms with van der Waals surface area (Å²) in [5.41, 5.74) is 3.01. The second kappa shape index (κ2) is 5.26. The highest BCUT2D eigenvalue weighted by Crippen LogP contribution is 2.38. The largest absolute Gasteiger partial charge is 0.365 e. The van der Waals surface area contributed by atoms with Crippen LogP contribution < -0.4 is 0 Å². The molecular weight excluding hydrogens is 208 g/mol. The van der Waals surface area contributed by atoms with Gasteiger partial charge in [-0.1, -0.05) is 27.7 Å². The van der Waals surface area contributed by atoms with Crippen molar-refractivity contribution in [3.63, 3.8) is 0 Å². The molecule has 0 aliphatic carbocycles. The van der Waals surface area contributed by atoms with Gasteiger partial charge in [-0.05, 0) is 36.9 Å². The van der Waals surface area contributed by atoms with Gasteiger partial charge in [0.25, 0.3) is 0 Å². The van der Waals surface area contributed by atoms with E-state index in [1.807, 2.05) is 0 Å². The second-order valence-corrected chi connectivity index (χ2v) is 5.60. The zero-order valence-corrected chi connectivity index (χ0v) is 11.7. The lowest BCUT2D eigenvalue weighted by atomic mass is 9.86. The van der Waals surface area contributed by atoms with E-state index in [-0.39, 0.29) is 0 Å². The van der Waals surface area contributed by atoms with Crippen LogP contribution in [-0.2, 0) is 6.42 Å². The molecule has 0 amide bonds. The van der Waals surface area contributed by atoms with Crippen LogP contribution >= 0.6 is 0 Å². The van der Waals surface area contributed by atoms with Crippen LogP contribution in [0.25, 0.3) is 0 Å². The second-order valence-electron chi connectivity index (χ2n) is 5.60. The Hall–Kier alpha value is -0.760. The molecule has 0 saturated heterocycles. The molecule has 2 heteroatoms. The number of aromatic nitrogens is 1. The summed E-state index contributed by atoms with van der Waals surface area (Å²) in [6.45, 7) is 10.5. The summed E-state index contributed by atoms with van der Waals surface area (Å²) in [7, 11) is 0. The van der Waals surface area contributed by atoms with Crippen molar-refractivity contribution in [1.29, 1.82) is 0 Å². The number of H-pyrrole nitrogens is 1. The third-order valence-electron chi connectivity index (χ3n) is 4.04. The smallest absolute Gasteiger partial charge is 0.0391 e. The van der Waals surface area contributed by atoms with Gasteiger partial charge in [0, 0.05) is 30.4 Å². The molecule has 17 heavy (non-hydrogen) atoms. The minimum Gasteiger partial charge on any atom is -0.365 e. The van der Waals surface area contributed by atoms with Gasteiger partial charge in [-0.2, -0.15) is 0 Å². The lowest BCUT2D eigenvalue weighted by Crippen LogP contribution is -2.45. The number of aromatic amines is 1. The van der Waals surface area contributed by atoms with E-state index in [9.17, 15) is 0 Å². The standard InChI is InChI=1S/C15H26N2/c1-5-9-17-12(6-2)10-14-13(7-8-16-14)15(17)11(3)4/h7-8,11-12,15-16H,5-6,9-10H2,1-4H3/t12-,15+/m1/s1. The minimum absolute atomic E-state index is 0.606. The molecule has 96 valence electrons. The zero-order chi connectivity index (χ0) is 12.4. The van der Waals surface area contributed by atoms with Crippen molar-refractivity contribution in [3.8, 4) is 0 Å². The lowest BCUT2D eigenvalue weighted by Gasteiger charge is -2.44. The normalized spacial score (nSPS) is 25.2. The molecule has 2 atom stereocenters. The molecule has 1 aliphatic rings. The van der Waals surface area contributed by atoms with Crippen molar-refractivity contribution in [3.05, 3.63) is 23.5 Å². The fraction of sp³-hybridized carbons (Fsp3) is 0.733. The van der Waals surface area contributed by atoms with Crippen LogP contribution in [0, 0.1) is 5.92 Å². The maximum Gasteiger partial charge on any atom is 0.0391 e. The fourth-order valence-corrected chi connectivity index (χ4v) is 3.33. The van der Waals surface area contributed by atoms with Crippen LogP contribution in [0.15, 0.2) is 12.3 Å². The molecule has 0 radical (unpaired) electrons. The minimum atomic E-state index is 0.606. The predicted molar refractivity (Wildman–Crippen MR) is 73.2 cm³/mol. The summed E-state index contributed by atoms with van der Waals surface area (Å²) < 4.78 is 0. The van der Waals surface area contributed by atoms with Gasteiger partial charge in [0.2, 0.25) is 0 Å². The van der Waals surface area contributed by atoms with Gasteiger partial charge in [-0.25, -0.2) is 0 Å². The summed E-state index contributed by atoms with van der Waals surface area (Å²) in [6.07, 6.45) is 5.81. The molecule has 1 aliphatic heterocycles. The van der Waals surface area contributed by atoms with Gasteiger partial charge in [-0.15, -0.1) is 0 Å². The Morgan fingerprint density at radius 2 is 2.18 bits per heavy atom. The van der Waals surface area contributed by atoms with Crippen molar-refractivity contribution >= 4 is 0 Å². The van der Waals surface area contributed by atoms with E-state index in [0.717, 1.165) is 0 Å². The van der Waals surface area contributed by atoms with Crippen molar-refractivity contribution < 1.29 is 0 Å². The third-order valence-corrected chi connectivity index (χ3v) is 4.04. The molecule has 0 spiro atoms. The number of rotatable bonds is 4. The van der Waals surface area contributed by atoms with Crippen molar-refractivity contribution in [1.82, 2.24) is 9.88 Å². The SMILES string of the molecule is CCCN1[C@H](CC)Cc2[nH]ccc2[C@@H]1C(C)C. The van der Waals surface area contributed by atoms with Gasteiger partial charge in [0.1, 0.15) is 0 Å². The van der Waals surface area contributed by atoms with E-state index in [2.05, 4.69) is 49.8 Å². The Kier molecular flexibility index (Phi) is 3.93. The topological polar surface area (TPSA) is 19.0 Å². The number of fused-ring (bicyclic) bond motifs is 1.